The summed E-state index contributed by atoms with van der Waals surface area (Å²) in [5, 5.41) is 16.3. The van der Waals surface area contributed by atoms with Crippen LogP contribution in [0.3, 0.4) is 0 Å². The van der Waals surface area contributed by atoms with Gasteiger partial charge in [0.25, 0.3) is 23.6 Å². The van der Waals surface area contributed by atoms with Crippen LogP contribution in [-0.4, -0.2) is 218 Å². The van der Waals surface area contributed by atoms with Crippen LogP contribution in [0.5, 0.6) is 0 Å². The molecule has 4 aliphatic heterocycles. The number of rotatable bonds is 34. The van der Waals surface area contributed by atoms with Crippen molar-refractivity contribution in [1.82, 2.24) is 50.7 Å². The van der Waals surface area contributed by atoms with Gasteiger partial charge in [0.15, 0.2) is 27.1 Å². The van der Waals surface area contributed by atoms with Crippen LogP contribution in [0.1, 0.15) is 99.4 Å². The van der Waals surface area contributed by atoms with Gasteiger partial charge in [0.1, 0.15) is 24.4 Å². The molecule has 31 nitrogen and oxygen atoms in total. The van der Waals surface area contributed by atoms with E-state index in [2.05, 4.69) is 46.6 Å². The summed E-state index contributed by atoms with van der Waals surface area (Å²) in [5.74, 6) is -6.49. The summed E-state index contributed by atoms with van der Waals surface area (Å²) in [6.07, 6.45) is 1.61. The van der Waals surface area contributed by atoms with Crippen molar-refractivity contribution in [2.24, 2.45) is 0 Å². The highest BCUT2D eigenvalue weighted by Gasteiger charge is 2.47. The van der Waals surface area contributed by atoms with E-state index in [0.717, 1.165) is 20.9 Å². The fraction of sp³-hybridized carbons (Fsp3) is 0.382. The maximum atomic E-state index is 13.6. The molecule has 10 rings (SSSR count). The van der Waals surface area contributed by atoms with Gasteiger partial charge in [-0.05, 0) is 88.7 Å². The summed E-state index contributed by atoms with van der Waals surface area (Å²) >= 11 is 0. The van der Waals surface area contributed by atoms with Gasteiger partial charge in [0.05, 0.1) is 108 Å². The number of carbonyl (C=O) groups is 11. The summed E-state index contributed by atoms with van der Waals surface area (Å²) < 4.78 is 54.0. The highest BCUT2D eigenvalue weighted by molar-refractivity contribution is 7.92. The Balaban J connectivity index is 0.647. The largest absolute Gasteiger partial charge is 0.382 e. The molecule has 2 saturated heterocycles. The number of amides is 11. The van der Waals surface area contributed by atoms with E-state index in [1.54, 1.807) is 44.2 Å². The Hall–Kier alpha value is -10.3. The van der Waals surface area contributed by atoms with Crippen molar-refractivity contribution in [3.05, 3.63) is 125 Å². The third-order valence-corrected chi connectivity index (χ3v) is 19.0. The minimum Gasteiger partial charge on any atom is -0.382 e. The van der Waals surface area contributed by atoms with Crippen molar-refractivity contribution in [1.29, 1.82) is 0 Å². The molecule has 4 aliphatic rings. The molecule has 2 unspecified atom stereocenters. The van der Waals surface area contributed by atoms with E-state index in [1.807, 2.05) is 31.3 Å². The number of benzene rings is 4. The van der Waals surface area contributed by atoms with E-state index in [0.29, 0.717) is 42.4 Å². The number of hydrogen-bond acceptors (Lipinski definition) is 24. The molecule has 2 fully saturated rings. The van der Waals surface area contributed by atoms with Crippen molar-refractivity contribution < 1.29 is 84.6 Å². The standard InChI is InChI=1S/C68H75N13O18S/c1-40(2)100(93,94)44-18-16-43(17-19-44)50-36-71-62(69)61(74-50)53-35-49(77-99-53)42-14-12-41(13-15-42)38-78(3)25-28-95-31-32-96-29-26-79(27-30-97-33-34-98-39-57(85)73-48-10-5-8-46-60(48)68(92)81(66(46)90)52-21-23-56(84)76-64(52)88)58(86)37-70-24-6-11-54(82)72-47-9-4-7-45-59(47)67(91)80(65(45)89)51-20-22-55(83)75-63(51)87/h4-5,7-10,12-19,35-36,40,51-52,70H,6,11,20-34,37-39H2,1-3H3,(H2,69,71)(H,72,82)(H,73,85)(H,75,83,87)(H,76,84,88). The van der Waals surface area contributed by atoms with Gasteiger partial charge in [-0.3, -0.25) is 78.1 Å². The second-order valence-corrected chi connectivity index (χ2v) is 26.6. The number of nitrogens with one attached hydrogen (secondary N) is 5. The number of fused-ring (bicyclic) bond motifs is 2. The van der Waals surface area contributed by atoms with E-state index in [1.165, 1.54) is 47.5 Å². The summed E-state index contributed by atoms with van der Waals surface area (Å²) in [6, 6.07) is 22.3. The van der Waals surface area contributed by atoms with Crippen LogP contribution in [0.25, 0.3) is 34.0 Å². The van der Waals surface area contributed by atoms with Crippen LogP contribution in [0.2, 0.25) is 0 Å². The molecule has 7 N–H and O–H groups in total. The molecule has 0 bridgehead atoms. The quantitative estimate of drug-likeness (QED) is 0.0250. The normalized spacial score (nSPS) is 16.1. The number of hydrogen-bond donors (Lipinski definition) is 6. The topological polar surface area (TPSA) is 410 Å². The van der Waals surface area contributed by atoms with E-state index >= 15 is 0 Å². The first-order valence-electron chi connectivity index (χ1n) is 32.4. The molecule has 0 aliphatic carbocycles. The van der Waals surface area contributed by atoms with Gasteiger partial charge in [0.2, 0.25) is 41.4 Å². The molecule has 4 aromatic carbocycles. The molecular formula is C68H75N13O18S. The second-order valence-electron chi connectivity index (χ2n) is 24.1. The Kier molecular flexibility index (Phi) is 23.9. The van der Waals surface area contributed by atoms with Gasteiger partial charge in [-0.15, -0.1) is 0 Å². The Morgan fingerprint density at radius 2 is 1.20 bits per heavy atom. The number of imide groups is 4. The van der Waals surface area contributed by atoms with Crippen LogP contribution < -0.4 is 32.3 Å². The zero-order valence-electron chi connectivity index (χ0n) is 55.1. The second kappa shape index (κ2) is 33.0. The van der Waals surface area contributed by atoms with Gasteiger partial charge in [-0.2, -0.15) is 0 Å². The predicted octanol–water partition coefficient (Wildman–Crippen LogP) is 3.01. The highest BCUT2D eigenvalue weighted by Crippen LogP contribution is 2.35. The molecule has 11 amide bonds. The van der Waals surface area contributed by atoms with Gasteiger partial charge >= 0.3 is 0 Å². The number of nitrogen functional groups attached to an aromatic ring is 1. The molecule has 526 valence electrons. The van der Waals surface area contributed by atoms with Gasteiger partial charge < -0.3 is 50.1 Å². The van der Waals surface area contributed by atoms with E-state index < -0.39 is 92.8 Å². The van der Waals surface area contributed by atoms with Crippen molar-refractivity contribution in [3.8, 4) is 34.0 Å². The smallest absolute Gasteiger partial charge is 0.264 e. The SMILES string of the molecule is CC(C)S(=O)(=O)c1ccc(-c2cnc(N)c(-c3cc(-c4ccc(CN(C)CCOCCOCCN(CCOCCOCC(=O)Nc5cccc6c5C(=O)N(C5CCC(=O)NC5=O)C6=O)C(=O)CNCCCC(=O)Nc5cccc6c5C(=O)N(C5CCC(=O)NC5=O)C6=O)cc4)no3)n2)cc1. The minimum absolute atomic E-state index is 0.00488. The number of anilines is 3. The molecule has 6 aromatic rings. The molecule has 6 heterocycles. The molecule has 32 heteroatoms. The fourth-order valence-electron chi connectivity index (χ4n) is 11.5. The van der Waals surface area contributed by atoms with Crippen molar-refractivity contribution in [2.75, 3.05) is 109 Å². The average Bonchev–Trinajstić information content (AvgIpc) is 1.61. The molecule has 2 atom stereocenters. The average molecular weight is 1390 g/mol. The van der Waals surface area contributed by atoms with E-state index in [-0.39, 0.29) is 160 Å². The Morgan fingerprint density at radius 1 is 0.670 bits per heavy atom. The summed E-state index contributed by atoms with van der Waals surface area (Å²) in [6.45, 7) is 5.63. The third kappa shape index (κ3) is 17.4. The van der Waals surface area contributed by atoms with Crippen molar-refractivity contribution >= 4 is 92.0 Å². The van der Waals surface area contributed by atoms with Crippen molar-refractivity contribution in [2.45, 2.75) is 81.1 Å². The number of carbonyl (C=O) groups excluding carboxylic acids is 11. The zero-order valence-corrected chi connectivity index (χ0v) is 55.9. The lowest BCUT2D eigenvalue weighted by atomic mass is 10.0. The predicted molar refractivity (Wildman–Crippen MR) is 357 cm³/mol. The maximum Gasteiger partial charge on any atom is 0.264 e. The maximum absolute atomic E-state index is 13.6. The van der Waals surface area contributed by atoms with E-state index in [9.17, 15) is 61.2 Å². The van der Waals surface area contributed by atoms with Crippen LogP contribution in [0.15, 0.2) is 107 Å². The third-order valence-electron chi connectivity index (χ3n) is 16.8. The zero-order chi connectivity index (χ0) is 71.2. The van der Waals surface area contributed by atoms with Crippen LogP contribution in [-0.2, 0) is 68.9 Å². The first-order valence-corrected chi connectivity index (χ1v) is 33.9. The number of sulfone groups is 1. The summed E-state index contributed by atoms with van der Waals surface area (Å²) in [5.41, 5.74) is 10.0. The Bertz CT molecular complexity index is 4240. The summed E-state index contributed by atoms with van der Waals surface area (Å²) in [7, 11) is -1.48. The number of nitrogens with zero attached hydrogens (tertiary/aromatic N) is 7. The van der Waals surface area contributed by atoms with E-state index in [4.69, 9.17) is 29.2 Å². The van der Waals surface area contributed by atoms with Gasteiger partial charge in [0, 0.05) is 62.6 Å². The Labute approximate surface area is 574 Å². The Morgan fingerprint density at radius 3 is 1.76 bits per heavy atom. The molecule has 2 aromatic heterocycles. The number of nitrogens with two attached hydrogens (primary N) is 1. The minimum atomic E-state index is -3.45. The van der Waals surface area contributed by atoms with Crippen LogP contribution in [0, 0.1) is 0 Å². The monoisotopic (exact) mass is 1390 g/mol. The number of aromatic nitrogens is 3. The van der Waals surface area contributed by atoms with Gasteiger partial charge in [-0.25, -0.2) is 18.4 Å². The van der Waals surface area contributed by atoms with Crippen LogP contribution in [0.4, 0.5) is 17.2 Å². The number of piperidine rings is 2. The molecule has 0 radical (unpaired) electrons. The molecule has 0 spiro atoms. The first kappa shape index (κ1) is 72.4. The fourth-order valence-corrected chi connectivity index (χ4v) is 12.5. The lowest BCUT2D eigenvalue weighted by Crippen LogP contribution is -2.54. The summed E-state index contributed by atoms with van der Waals surface area (Å²) in [4.78, 5) is 156. The molecule has 0 saturated carbocycles. The molecular weight excluding hydrogens is 1320 g/mol. The number of ether oxygens (including phenoxy) is 4. The van der Waals surface area contributed by atoms with Gasteiger partial charge in [-0.1, -0.05) is 53.7 Å². The first-order chi connectivity index (χ1) is 48.1. The van der Waals surface area contributed by atoms with Crippen LogP contribution >= 0.6 is 0 Å². The molecule has 100 heavy (non-hydrogen) atoms. The highest BCUT2D eigenvalue weighted by atomic mass is 32.2. The number of likely N-dealkylation sites (N-methyl/N-ethyl adjacent to an activating group) is 1. The lowest BCUT2D eigenvalue weighted by molar-refractivity contribution is -0.137. The lowest BCUT2D eigenvalue weighted by Gasteiger charge is -2.27. The van der Waals surface area contributed by atoms with Crippen molar-refractivity contribution in [3.63, 3.8) is 0 Å².